The second-order valence-corrected chi connectivity index (χ2v) is 5.48. The molecule has 1 amide bonds. The van der Waals surface area contributed by atoms with Crippen molar-refractivity contribution >= 4 is 16.3 Å². The maximum absolute atomic E-state index is 11.6. The first kappa shape index (κ1) is 15.4. The molecule has 19 heavy (non-hydrogen) atoms. The zero-order valence-electron chi connectivity index (χ0n) is 10.6. The molecule has 8 heteroatoms. The first-order chi connectivity index (χ1) is 8.97. The molecule has 0 fully saturated rings. The molecule has 0 saturated carbocycles. The summed E-state index contributed by atoms with van der Waals surface area (Å²) in [6.45, 7) is 0.210. The molecular formula is C11H17N3O4S. The van der Waals surface area contributed by atoms with Crippen LogP contribution in [0.25, 0.3) is 0 Å². The summed E-state index contributed by atoms with van der Waals surface area (Å²) in [5, 5.41) is 0. The summed E-state index contributed by atoms with van der Waals surface area (Å²) >= 11 is 0. The Kier molecular flexibility index (Phi) is 5.74. The van der Waals surface area contributed by atoms with Crippen LogP contribution in [0.5, 0.6) is 0 Å². The quantitative estimate of drug-likeness (QED) is 0.769. The minimum atomic E-state index is -3.90. The molecule has 0 aliphatic heterocycles. The fraction of sp³-hybridized carbons (Fsp3) is 0.364. The first-order valence-electron chi connectivity index (χ1n) is 5.61. The highest BCUT2D eigenvalue weighted by Gasteiger charge is 2.23. The Labute approximate surface area is 112 Å². The van der Waals surface area contributed by atoms with Gasteiger partial charge in [-0.05, 0) is 5.56 Å². The third kappa shape index (κ3) is 4.86. The number of benzene rings is 1. The van der Waals surface area contributed by atoms with Gasteiger partial charge in [-0.25, -0.2) is 4.79 Å². The second-order valence-electron chi connectivity index (χ2n) is 3.70. The normalized spacial score (nSPS) is 11.1. The molecule has 7 nitrogen and oxygen atoms in total. The maximum Gasteiger partial charge on any atom is 0.424 e. The van der Waals surface area contributed by atoms with Crippen LogP contribution in [-0.4, -0.2) is 39.0 Å². The third-order valence-electron chi connectivity index (χ3n) is 2.25. The van der Waals surface area contributed by atoms with Crippen LogP contribution >= 0.6 is 0 Å². The summed E-state index contributed by atoms with van der Waals surface area (Å²) in [5.41, 5.74) is 5.96. The van der Waals surface area contributed by atoms with Crippen LogP contribution in [0.1, 0.15) is 5.56 Å². The first-order valence-corrected chi connectivity index (χ1v) is 7.05. The molecule has 0 atom stereocenters. The average molecular weight is 287 g/mol. The molecule has 0 aliphatic rings. The fourth-order valence-corrected chi connectivity index (χ4v) is 2.01. The molecule has 0 bridgehead atoms. The predicted octanol–water partition coefficient (Wildman–Crippen LogP) is 0.0481. The van der Waals surface area contributed by atoms with Gasteiger partial charge in [-0.15, -0.1) is 0 Å². The number of carbonyl (C=O) groups is 1. The number of hydrogen-bond donors (Lipinski definition) is 2. The molecule has 0 radical (unpaired) electrons. The summed E-state index contributed by atoms with van der Waals surface area (Å²) in [4.78, 5) is 11.6. The summed E-state index contributed by atoms with van der Waals surface area (Å²) < 4.78 is 30.8. The van der Waals surface area contributed by atoms with Crippen LogP contribution < -0.4 is 10.5 Å². The van der Waals surface area contributed by atoms with Crippen LogP contribution in [0.4, 0.5) is 4.79 Å². The Morgan fingerprint density at radius 3 is 2.58 bits per heavy atom. The molecule has 0 unspecified atom stereocenters. The van der Waals surface area contributed by atoms with Gasteiger partial charge in [0.15, 0.2) is 0 Å². The number of nitrogens with zero attached hydrogens (tertiary/aromatic N) is 1. The lowest BCUT2D eigenvalue weighted by atomic mass is 10.2. The van der Waals surface area contributed by atoms with Gasteiger partial charge in [0.25, 0.3) is 0 Å². The standard InChI is InChI=1S/C11H17N3O4S/c1-14(19(16,17)13-8-7-12)11(15)18-9-10-5-3-2-4-6-10/h2-6,13H,7-9,12H2,1H3. The van der Waals surface area contributed by atoms with E-state index >= 15 is 0 Å². The average Bonchev–Trinajstić information content (AvgIpc) is 2.43. The van der Waals surface area contributed by atoms with Crippen LogP contribution in [0.3, 0.4) is 0 Å². The van der Waals surface area contributed by atoms with Crippen molar-refractivity contribution in [2.75, 3.05) is 20.1 Å². The summed E-state index contributed by atoms with van der Waals surface area (Å²) in [7, 11) is -2.78. The van der Waals surface area contributed by atoms with Gasteiger partial charge < -0.3 is 10.5 Å². The van der Waals surface area contributed by atoms with Gasteiger partial charge in [0.2, 0.25) is 0 Å². The van der Waals surface area contributed by atoms with E-state index in [-0.39, 0.29) is 19.7 Å². The fourth-order valence-electron chi connectivity index (χ4n) is 1.19. The number of carbonyl (C=O) groups excluding carboxylic acids is 1. The Morgan fingerprint density at radius 1 is 1.37 bits per heavy atom. The summed E-state index contributed by atoms with van der Waals surface area (Å²) in [6, 6.07) is 8.97. The van der Waals surface area contributed by atoms with E-state index in [2.05, 4.69) is 4.72 Å². The minimum Gasteiger partial charge on any atom is -0.444 e. The van der Waals surface area contributed by atoms with Crippen LogP contribution in [0.2, 0.25) is 0 Å². The highest BCUT2D eigenvalue weighted by Crippen LogP contribution is 2.04. The number of amides is 1. The molecule has 0 heterocycles. The van der Waals surface area contributed by atoms with E-state index in [4.69, 9.17) is 10.5 Å². The Balaban J connectivity index is 2.53. The topological polar surface area (TPSA) is 102 Å². The Hall–Kier alpha value is -1.64. The zero-order chi connectivity index (χ0) is 14.3. The molecule has 1 aromatic carbocycles. The Morgan fingerprint density at radius 2 is 2.00 bits per heavy atom. The number of rotatable bonds is 6. The molecule has 0 aromatic heterocycles. The molecule has 106 valence electrons. The highest BCUT2D eigenvalue weighted by molar-refractivity contribution is 7.87. The van der Waals surface area contributed by atoms with Gasteiger partial charge in [0.05, 0.1) is 0 Å². The van der Waals surface area contributed by atoms with Gasteiger partial charge in [0, 0.05) is 20.1 Å². The smallest absolute Gasteiger partial charge is 0.424 e. The van der Waals surface area contributed by atoms with Crippen molar-refractivity contribution in [2.45, 2.75) is 6.61 Å². The van der Waals surface area contributed by atoms with Crippen LogP contribution in [0, 0.1) is 0 Å². The number of hydrogen-bond acceptors (Lipinski definition) is 5. The molecule has 0 spiro atoms. The van der Waals surface area contributed by atoms with Crippen LogP contribution in [0.15, 0.2) is 30.3 Å². The van der Waals surface area contributed by atoms with E-state index in [0.717, 1.165) is 12.6 Å². The summed E-state index contributed by atoms with van der Waals surface area (Å²) in [6.07, 6.45) is -0.951. The van der Waals surface area contributed by atoms with Gasteiger partial charge >= 0.3 is 16.3 Å². The van der Waals surface area contributed by atoms with E-state index < -0.39 is 16.3 Å². The molecule has 3 N–H and O–H groups in total. The van der Waals surface area contributed by atoms with Gasteiger partial charge in [-0.2, -0.15) is 17.4 Å². The van der Waals surface area contributed by atoms with E-state index in [1.54, 1.807) is 24.3 Å². The van der Waals surface area contributed by atoms with Crippen molar-refractivity contribution < 1.29 is 17.9 Å². The van der Waals surface area contributed by atoms with Gasteiger partial charge in [-0.3, -0.25) is 0 Å². The lowest BCUT2D eigenvalue weighted by Gasteiger charge is -2.17. The summed E-state index contributed by atoms with van der Waals surface area (Å²) in [5.74, 6) is 0. The molecular weight excluding hydrogens is 270 g/mol. The van der Waals surface area contributed by atoms with Crippen molar-refractivity contribution in [2.24, 2.45) is 5.73 Å². The monoisotopic (exact) mass is 287 g/mol. The largest absolute Gasteiger partial charge is 0.444 e. The van der Waals surface area contributed by atoms with Gasteiger partial charge in [0.1, 0.15) is 6.61 Å². The Bertz CT molecular complexity index is 504. The molecule has 1 rings (SSSR count). The van der Waals surface area contributed by atoms with E-state index in [1.165, 1.54) is 0 Å². The lowest BCUT2D eigenvalue weighted by Crippen LogP contribution is -2.43. The van der Waals surface area contributed by atoms with E-state index in [0.29, 0.717) is 4.31 Å². The second kappa shape index (κ2) is 7.07. The van der Waals surface area contributed by atoms with Crippen LogP contribution in [-0.2, 0) is 21.6 Å². The minimum absolute atomic E-state index is 0.0103. The van der Waals surface area contributed by atoms with Gasteiger partial charge in [-0.1, -0.05) is 30.3 Å². The van der Waals surface area contributed by atoms with Crippen molar-refractivity contribution in [3.8, 4) is 0 Å². The molecule has 0 aliphatic carbocycles. The van der Waals surface area contributed by atoms with E-state index in [9.17, 15) is 13.2 Å². The molecule has 0 saturated heterocycles. The van der Waals surface area contributed by atoms with E-state index in [1.807, 2.05) is 6.07 Å². The maximum atomic E-state index is 11.6. The third-order valence-corrected chi connectivity index (χ3v) is 3.69. The zero-order valence-corrected chi connectivity index (χ0v) is 11.4. The van der Waals surface area contributed by atoms with Crippen molar-refractivity contribution in [1.82, 2.24) is 9.03 Å². The number of nitrogens with two attached hydrogens (primary N) is 1. The molecule has 1 aromatic rings. The highest BCUT2D eigenvalue weighted by atomic mass is 32.2. The number of ether oxygens (including phenoxy) is 1. The number of nitrogens with one attached hydrogen (secondary N) is 1. The van der Waals surface area contributed by atoms with Crippen molar-refractivity contribution in [1.29, 1.82) is 0 Å². The SMILES string of the molecule is CN(C(=O)OCc1ccccc1)S(=O)(=O)NCCN. The lowest BCUT2D eigenvalue weighted by molar-refractivity contribution is 0.123. The van der Waals surface area contributed by atoms with Crippen molar-refractivity contribution in [3.05, 3.63) is 35.9 Å². The predicted molar refractivity (Wildman–Crippen MR) is 70.4 cm³/mol. The van der Waals surface area contributed by atoms with Crippen molar-refractivity contribution in [3.63, 3.8) is 0 Å².